The summed E-state index contributed by atoms with van der Waals surface area (Å²) in [6, 6.07) is 0. The molecule has 3 heteroatoms. The van der Waals surface area contributed by atoms with Crippen LogP contribution in [-0.2, 0) is 9.53 Å². The number of carbonyl (C=O) groups is 1. The van der Waals surface area contributed by atoms with Crippen molar-refractivity contribution in [1.29, 1.82) is 0 Å². The maximum Gasteiger partial charge on any atom is 0.384 e. The zero-order chi connectivity index (χ0) is 20.2. The molecule has 0 aromatic rings. The predicted molar refractivity (Wildman–Crippen MR) is 112 cm³/mol. The van der Waals surface area contributed by atoms with E-state index in [0.717, 1.165) is 30.1 Å². The summed E-state index contributed by atoms with van der Waals surface area (Å²) >= 11 is 0. The summed E-state index contributed by atoms with van der Waals surface area (Å²) in [5.74, 6) is 5.27. The molecule has 0 saturated heterocycles. The normalized spacial score (nSPS) is 23.3. The van der Waals surface area contributed by atoms with Crippen molar-refractivity contribution >= 4 is 5.97 Å². The van der Waals surface area contributed by atoms with Crippen LogP contribution in [0.25, 0.3) is 0 Å². The van der Waals surface area contributed by atoms with Crippen LogP contribution >= 0.6 is 0 Å². The molecule has 0 aromatic heterocycles. The second-order valence-electron chi connectivity index (χ2n) is 8.91. The molecule has 1 aliphatic rings. The average molecular weight is 377 g/mol. The number of hydrogen-bond donors (Lipinski definition) is 1. The quantitative estimate of drug-likeness (QED) is 0.215. The minimum atomic E-state index is -0.713. The molecule has 27 heavy (non-hydrogen) atoms. The van der Waals surface area contributed by atoms with Crippen LogP contribution < -0.4 is 0 Å². The van der Waals surface area contributed by atoms with Crippen LogP contribution in [0.5, 0.6) is 0 Å². The lowest BCUT2D eigenvalue weighted by Crippen LogP contribution is -2.20. The molecule has 5 atom stereocenters. The van der Waals surface area contributed by atoms with Gasteiger partial charge in [-0.1, -0.05) is 59.1 Å². The Balaban J connectivity index is 2.30. The van der Waals surface area contributed by atoms with Gasteiger partial charge in [-0.2, -0.15) is 0 Å². The Morgan fingerprint density at radius 2 is 1.74 bits per heavy atom. The van der Waals surface area contributed by atoms with Gasteiger partial charge < -0.3 is 9.84 Å². The van der Waals surface area contributed by atoms with Crippen molar-refractivity contribution < 1.29 is 14.6 Å². The first-order valence-electron chi connectivity index (χ1n) is 10.8. The average Bonchev–Trinajstić information content (AvgIpc) is 3.13. The monoisotopic (exact) mass is 376 g/mol. The molecule has 1 N–H and O–H groups in total. The molecule has 0 heterocycles. The second-order valence-corrected chi connectivity index (χ2v) is 8.91. The molecule has 3 nitrogen and oxygen atoms in total. The van der Waals surface area contributed by atoms with Crippen molar-refractivity contribution in [2.24, 2.45) is 29.6 Å². The van der Waals surface area contributed by atoms with E-state index in [1.54, 1.807) is 0 Å². The number of hydrogen-bond acceptors (Lipinski definition) is 3. The van der Waals surface area contributed by atoms with Gasteiger partial charge in [-0.05, 0) is 55.3 Å². The third kappa shape index (κ3) is 9.47. The highest BCUT2D eigenvalue weighted by Gasteiger charge is 2.30. The van der Waals surface area contributed by atoms with Gasteiger partial charge >= 0.3 is 5.97 Å². The number of terminal acetylenes is 1. The van der Waals surface area contributed by atoms with Gasteiger partial charge in [-0.15, -0.1) is 6.42 Å². The molecule has 1 unspecified atom stereocenters. The fourth-order valence-corrected chi connectivity index (χ4v) is 4.27. The first-order valence-corrected chi connectivity index (χ1v) is 10.8. The van der Waals surface area contributed by atoms with Crippen molar-refractivity contribution in [3.8, 4) is 12.3 Å². The molecule has 0 amide bonds. The van der Waals surface area contributed by atoms with Gasteiger partial charge in [-0.25, -0.2) is 4.79 Å². The number of ether oxygens (including phenoxy) is 1. The molecule has 1 fully saturated rings. The van der Waals surface area contributed by atoms with Crippen LogP contribution in [0, 0.1) is 41.9 Å². The Labute approximate surface area is 167 Å². The number of allylic oxidation sites excluding steroid dienone is 1. The topological polar surface area (TPSA) is 46.5 Å². The number of aliphatic hydroxyl groups excluding tert-OH is 1. The summed E-state index contributed by atoms with van der Waals surface area (Å²) in [5.41, 5.74) is 0. The standard InChI is InChI=1S/C24H40O3/c1-6-24(26)27-23(17-25)13-8-7-11-19(4)21-14-15-22(16-21)20(5)12-9-10-18(2)3/h1,7-8,18-23,25H,9-17H2,2-5H3/b8-7+/t19-,20+,21?,22-,23+/m0/s1. The van der Waals surface area contributed by atoms with E-state index >= 15 is 0 Å². The van der Waals surface area contributed by atoms with E-state index in [2.05, 4.69) is 33.8 Å². The fourth-order valence-electron chi connectivity index (χ4n) is 4.27. The zero-order valence-corrected chi connectivity index (χ0v) is 17.8. The third-order valence-corrected chi connectivity index (χ3v) is 6.23. The van der Waals surface area contributed by atoms with E-state index in [-0.39, 0.29) is 6.61 Å². The summed E-state index contributed by atoms with van der Waals surface area (Å²) in [5, 5.41) is 9.24. The van der Waals surface area contributed by atoms with E-state index in [9.17, 15) is 9.90 Å². The van der Waals surface area contributed by atoms with Crippen LogP contribution in [0.2, 0.25) is 0 Å². The Kier molecular flexibility index (Phi) is 11.4. The molecule has 0 aliphatic heterocycles. The summed E-state index contributed by atoms with van der Waals surface area (Å²) in [4.78, 5) is 11.1. The van der Waals surface area contributed by atoms with Crippen molar-refractivity contribution in [1.82, 2.24) is 0 Å². The van der Waals surface area contributed by atoms with Gasteiger partial charge in [0.25, 0.3) is 0 Å². The van der Waals surface area contributed by atoms with Crippen molar-refractivity contribution in [3.63, 3.8) is 0 Å². The lowest BCUT2D eigenvalue weighted by atomic mass is 9.84. The van der Waals surface area contributed by atoms with Gasteiger partial charge in [0.05, 0.1) is 6.61 Å². The predicted octanol–water partition coefficient (Wildman–Crippen LogP) is 5.37. The summed E-state index contributed by atoms with van der Waals surface area (Å²) in [7, 11) is 0. The van der Waals surface area contributed by atoms with E-state index in [0.29, 0.717) is 12.3 Å². The summed E-state index contributed by atoms with van der Waals surface area (Å²) in [6.45, 7) is 9.22. The highest BCUT2D eigenvalue weighted by Crippen LogP contribution is 2.41. The van der Waals surface area contributed by atoms with Crippen LogP contribution in [0.1, 0.15) is 79.1 Å². The maximum atomic E-state index is 11.1. The van der Waals surface area contributed by atoms with Gasteiger partial charge in [0.1, 0.15) is 6.10 Å². The van der Waals surface area contributed by atoms with E-state index in [4.69, 9.17) is 11.2 Å². The Morgan fingerprint density at radius 1 is 1.11 bits per heavy atom. The van der Waals surface area contributed by atoms with Crippen LogP contribution in [0.3, 0.4) is 0 Å². The van der Waals surface area contributed by atoms with Crippen LogP contribution in [0.4, 0.5) is 0 Å². The maximum absolute atomic E-state index is 11.1. The molecule has 0 spiro atoms. The molecule has 154 valence electrons. The number of carbonyl (C=O) groups excluding carboxylic acids is 1. The smallest absolute Gasteiger partial charge is 0.384 e. The molecular weight excluding hydrogens is 336 g/mol. The summed E-state index contributed by atoms with van der Waals surface area (Å²) in [6.07, 6.45) is 18.4. The van der Waals surface area contributed by atoms with E-state index in [1.165, 1.54) is 38.5 Å². The lowest BCUT2D eigenvalue weighted by Gasteiger charge is -2.22. The third-order valence-electron chi connectivity index (χ3n) is 6.23. The highest BCUT2D eigenvalue weighted by molar-refractivity contribution is 5.87. The Morgan fingerprint density at radius 3 is 2.33 bits per heavy atom. The lowest BCUT2D eigenvalue weighted by molar-refractivity contribution is -0.143. The van der Waals surface area contributed by atoms with E-state index in [1.807, 2.05) is 12.0 Å². The zero-order valence-electron chi connectivity index (χ0n) is 17.8. The molecule has 1 aliphatic carbocycles. The minimum Gasteiger partial charge on any atom is -0.450 e. The largest absolute Gasteiger partial charge is 0.450 e. The minimum absolute atomic E-state index is 0.202. The van der Waals surface area contributed by atoms with Crippen LogP contribution in [0.15, 0.2) is 12.2 Å². The molecule has 1 saturated carbocycles. The second kappa shape index (κ2) is 13.0. The highest BCUT2D eigenvalue weighted by atomic mass is 16.5. The first-order chi connectivity index (χ1) is 12.9. The summed E-state index contributed by atoms with van der Waals surface area (Å²) < 4.78 is 4.97. The number of aliphatic hydroxyl groups is 1. The Hall–Kier alpha value is -1.27. The molecule has 1 rings (SSSR count). The van der Waals surface area contributed by atoms with Gasteiger partial charge in [0.2, 0.25) is 0 Å². The van der Waals surface area contributed by atoms with Gasteiger partial charge in [0, 0.05) is 12.3 Å². The first kappa shape index (κ1) is 23.8. The van der Waals surface area contributed by atoms with Crippen molar-refractivity contribution in [2.75, 3.05) is 6.61 Å². The van der Waals surface area contributed by atoms with E-state index < -0.39 is 12.1 Å². The number of esters is 1. The van der Waals surface area contributed by atoms with Gasteiger partial charge in [-0.3, -0.25) is 0 Å². The molecule has 0 bridgehead atoms. The van der Waals surface area contributed by atoms with Crippen molar-refractivity contribution in [3.05, 3.63) is 12.2 Å². The number of rotatable bonds is 12. The van der Waals surface area contributed by atoms with Crippen molar-refractivity contribution in [2.45, 2.75) is 85.2 Å². The molecule has 0 radical (unpaired) electrons. The molecular formula is C24H40O3. The fraction of sp³-hybridized carbons (Fsp3) is 0.792. The SMILES string of the molecule is C#CC(=O)O[C@@H](CO)C/C=C/C[C@H](C)C1CC[C@H]([C@H](C)CCCC(C)C)C1. The Bertz CT molecular complexity index is 488. The van der Waals surface area contributed by atoms with Crippen LogP contribution in [-0.4, -0.2) is 23.8 Å². The van der Waals surface area contributed by atoms with Gasteiger partial charge in [0.15, 0.2) is 0 Å². The molecule has 0 aromatic carbocycles.